The Labute approximate surface area is 135 Å². The quantitative estimate of drug-likeness (QED) is 0.770. The molecule has 0 bridgehead atoms. The van der Waals surface area contributed by atoms with E-state index in [0.29, 0.717) is 5.69 Å². The highest BCUT2D eigenvalue weighted by atomic mass is 31.2. The minimum absolute atomic E-state index is 0.281. The number of aliphatic hydroxyl groups is 1. The lowest BCUT2D eigenvalue weighted by Gasteiger charge is -2.19. The zero-order valence-electron chi connectivity index (χ0n) is 13.2. The maximum absolute atomic E-state index is 12.6. The Morgan fingerprint density at radius 2 is 1.70 bits per heavy atom. The molecule has 2 aromatic carbocycles. The molecule has 0 amide bonds. The van der Waals surface area contributed by atoms with Crippen LogP contribution in [0.1, 0.15) is 31.1 Å². The number of fused-ring (bicyclic) bond motifs is 3. The molecule has 23 heavy (non-hydrogen) atoms. The van der Waals surface area contributed by atoms with Crippen molar-refractivity contribution < 1.29 is 18.7 Å². The van der Waals surface area contributed by atoms with E-state index in [1.165, 1.54) is 0 Å². The first kappa shape index (κ1) is 16.2. The SMILES string of the molecule is CCOP(=O)(Nc1ccc2c(c1)[C@@H](O)c1ccccc1-2)OCC. The van der Waals surface area contributed by atoms with Gasteiger partial charge in [0.15, 0.2) is 0 Å². The van der Waals surface area contributed by atoms with E-state index >= 15 is 0 Å². The zero-order valence-corrected chi connectivity index (χ0v) is 14.0. The molecule has 122 valence electrons. The number of rotatable bonds is 6. The largest absolute Gasteiger partial charge is 0.432 e. The van der Waals surface area contributed by atoms with Crippen molar-refractivity contribution in [1.82, 2.24) is 0 Å². The smallest absolute Gasteiger partial charge is 0.384 e. The summed E-state index contributed by atoms with van der Waals surface area (Å²) >= 11 is 0. The second-order valence-corrected chi connectivity index (χ2v) is 6.97. The van der Waals surface area contributed by atoms with Gasteiger partial charge in [-0.1, -0.05) is 30.3 Å². The standard InChI is InChI=1S/C17H20NO4P/c1-3-21-23(20,22-4-2)18-12-9-10-14-13-7-5-6-8-15(13)17(19)16(14)11-12/h5-11,17,19H,3-4H2,1-2H3,(H,18,20)/t17-/m0/s1. The molecule has 0 fully saturated rings. The van der Waals surface area contributed by atoms with Crippen molar-refractivity contribution in [1.29, 1.82) is 0 Å². The van der Waals surface area contributed by atoms with Crippen molar-refractivity contribution in [2.24, 2.45) is 0 Å². The first-order chi connectivity index (χ1) is 11.1. The summed E-state index contributed by atoms with van der Waals surface area (Å²) in [4.78, 5) is 0. The minimum Gasteiger partial charge on any atom is -0.384 e. The molecule has 2 aromatic rings. The first-order valence-corrected chi connectivity index (χ1v) is 9.21. The van der Waals surface area contributed by atoms with Crippen LogP contribution in [0.5, 0.6) is 0 Å². The van der Waals surface area contributed by atoms with Crippen LogP contribution >= 0.6 is 7.75 Å². The average Bonchev–Trinajstić information content (AvgIpc) is 2.81. The molecule has 0 saturated carbocycles. The van der Waals surface area contributed by atoms with Gasteiger partial charge in [0.25, 0.3) is 0 Å². The molecule has 0 heterocycles. The van der Waals surface area contributed by atoms with E-state index in [4.69, 9.17) is 9.05 Å². The number of anilines is 1. The van der Waals surface area contributed by atoms with Crippen LogP contribution in [0.25, 0.3) is 11.1 Å². The van der Waals surface area contributed by atoms with Crippen LogP contribution in [0.4, 0.5) is 5.69 Å². The molecule has 5 nitrogen and oxygen atoms in total. The molecule has 6 heteroatoms. The predicted molar refractivity (Wildman–Crippen MR) is 90.4 cm³/mol. The third kappa shape index (κ3) is 3.06. The number of aliphatic hydroxyl groups excluding tert-OH is 1. The lowest BCUT2D eigenvalue weighted by molar-refractivity contribution is 0.223. The topological polar surface area (TPSA) is 67.8 Å². The molecule has 0 radical (unpaired) electrons. The molecular weight excluding hydrogens is 313 g/mol. The first-order valence-electron chi connectivity index (χ1n) is 7.66. The molecule has 0 spiro atoms. The van der Waals surface area contributed by atoms with Gasteiger partial charge < -0.3 is 5.11 Å². The monoisotopic (exact) mass is 333 g/mol. The van der Waals surface area contributed by atoms with Gasteiger partial charge in [0.2, 0.25) is 0 Å². The number of nitrogens with one attached hydrogen (secondary N) is 1. The molecule has 0 aromatic heterocycles. The van der Waals surface area contributed by atoms with Crippen molar-refractivity contribution in [2.45, 2.75) is 20.0 Å². The highest BCUT2D eigenvalue weighted by molar-refractivity contribution is 7.55. The zero-order chi connectivity index (χ0) is 16.4. The maximum atomic E-state index is 12.6. The van der Waals surface area contributed by atoms with Crippen LogP contribution in [0.2, 0.25) is 0 Å². The van der Waals surface area contributed by atoms with E-state index in [1.54, 1.807) is 19.9 Å². The summed E-state index contributed by atoms with van der Waals surface area (Å²) in [6.07, 6.45) is -0.679. The van der Waals surface area contributed by atoms with Gasteiger partial charge in [0.1, 0.15) is 6.10 Å². The Hall–Kier alpha value is -1.65. The predicted octanol–water partition coefficient (Wildman–Crippen LogP) is 4.34. The van der Waals surface area contributed by atoms with E-state index in [2.05, 4.69) is 5.09 Å². The Balaban J connectivity index is 1.92. The van der Waals surface area contributed by atoms with Crippen LogP contribution < -0.4 is 5.09 Å². The Kier molecular flexibility index (Phi) is 4.55. The van der Waals surface area contributed by atoms with Crippen LogP contribution in [-0.4, -0.2) is 18.3 Å². The molecule has 0 saturated heterocycles. The van der Waals surface area contributed by atoms with Gasteiger partial charge in [-0.15, -0.1) is 0 Å². The van der Waals surface area contributed by atoms with Crippen LogP contribution in [0, 0.1) is 0 Å². The van der Waals surface area contributed by atoms with Crippen molar-refractivity contribution in [2.75, 3.05) is 18.3 Å². The fourth-order valence-electron chi connectivity index (χ4n) is 2.85. The van der Waals surface area contributed by atoms with Crippen LogP contribution in [-0.2, 0) is 13.6 Å². The van der Waals surface area contributed by atoms with E-state index in [1.807, 2.05) is 36.4 Å². The third-order valence-electron chi connectivity index (χ3n) is 3.76. The van der Waals surface area contributed by atoms with Crippen molar-refractivity contribution >= 4 is 13.4 Å². The van der Waals surface area contributed by atoms with Gasteiger partial charge in [-0.05, 0) is 48.2 Å². The number of benzene rings is 2. The van der Waals surface area contributed by atoms with Crippen molar-refractivity contribution in [3.63, 3.8) is 0 Å². The van der Waals surface area contributed by atoms with Gasteiger partial charge in [-0.25, -0.2) is 4.57 Å². The number of hydrogen-bond donors (Lipinski definition) is 2. The van der Waals surface area contributed by atoms with E-state index in [0.717, 1.165) is 22.3 Å². The summed E-state index contributed by atoms with van der Waals surface area (Å²) in [5, 5.41) is 13.3. The Bertz CT molecular complexity index is 752. The summed E-state index contributed by atoms with van der Waals surface area (Å²) < 4.78 is 23.0. The second-order valence-electron chi connectivity index (χ2n) is 5.24. The van der Waals surface area contributed by atoms with Gasteiger partial charge in [-0.2, -0.15) is 0 Å². The van der Waals surface area contributed by atoms with Crippen molar-refractivity contribution in [3.05, 3.63) is 53.6 Å². The van der Waals surface area contributed by atoms with Gasteiger partial charge in [-0.3, -0.25) is 14.1 Å². The molecule has 1 aliphatic rings. The normalized spacial score (nSPS) is 16.0. The summed E-state index contributed by atoms with van der Waals surface area (Å²) in [6.45, 7) is 4.08. The highest BCUT2D eigenvalue weighted by Gasteiger charge is 2.29. The highest BCUT2D eigenvalue weighted by Crippen LogP contribution is 2.50. The van der Waals surface area contributed by atoms with Gasteiger partial charge in [0, 0.05) is 5.69 Å². The molecule has 1 aliphatic carbocycles. The maximum Gasteiger partial charge on any atom is 0.432 e. The third-order valence-corrected chi connectivity index (χ3v) is 5.48. The molecule has 3 rings (SSSR count). The molecule has 0 unspecified atom stereocenters. The van der Waals surface area contributed by atoms with E-state index < -0.39 is 13.9 Å². The van der Waals surface area contributed by atoms with E-state index in [9.17, 15) is 9.67 Å². The number of hydrogen-bond acceptors (Lipinski definition) is 4. The Morgan fingerprint density at radius 1 is 1.04 bits per heavy atom. The summed E-state index contributed by atoms with van der Waals surface area (Å²) in [7, 11) is -3.39. The Morgan fingerprint density at radius 3 is 2.39 bits per heavy atom. The summed E-state index contributed by atoms with van der Waals surface area (Å²) in [5.41, 5.74) is 4.29. The van der Waals surface area contributed by atoms with Crippen LogP contribution in [0.3, 0.4) is 0 Å². The van der Waals surface area contributed by atoms with E-state index in [-0.39, 0.29) is 13.2 Å². The molecule has 1 atom stereocenters. The average molecular weight is 333 g/mol. The lowest BCUT2D eigenvalue weighted by Crippen LogP contribution is -2.05. The second kappa shape index (κ2) is 6.46. The fraction of sp³-hybridized carbons (Fsp3) is 0.294. The fourth-order valence-corrected chi connectivity index (χ4v) is 4.19. The molecule has 2 N–H and O–H groups in total. The molecule has 0 aliphatic heterocycles. The minimum atomic E-state index is -3.39. The molecular formula is C17H20NO4P. The van der Waals surface area contributed by atoms with Gasteiger partial charge >= 0.3 is 7.75 Å². The van der Waals surface area contributed by atoms with Gasteiger partial charge in [0.05, 0.1) is 13.2 Å². The summed E-state index contributed by atoms with van der Waals surface area (Å²) in [5.74, 6) is 0. The van der Waals surface area contributed by atoms with Crippen molar-refractivity contribution in [3.8, 4) is 11.1 Å². The summed E-state index contributed by atoms with van der Waals surface area (Å²) in [6, 6.07) is 13.3. The van der Waals surface area contributed by atoms with Crippen LogP contribution in [0.15, 0.2) is 42.5 Å². The lowest BCUT2D eigenvalue weighted by atomic mass is 10.1.